The van der Waals surface area contributed by atoms with Gasteiger partial charge in [-0.1, -0.05) is 41.0 Å². The van der Waals surface area contributed by atoms with E-state index in [0.29, 0.717) is 25.0 Å². The van der Waals surface area contributed by atoms with E-state index in [2.05, 4.69) is 0 Å². The summed E-state index contributed by atoms with van der Waals surface area (Å²) in [6, 6.07) is 0. The van der Waals surface area contributed by atoms with Crippen molar-refractivity contribution in [2.24, 2.45) is 11.8 Å². The van der Waals surface area contributed by atoms with Gasteiger partial charge in [0.2, 0.25) is 0 Å². The highest BCUT2D eigenvalue weighted by atomic mass is 31.2. The maximum Gasteiger partial charge on any atom is 0.187 e. The van der Waals surface area contributed by atoms with Gasteiger partial charge >= 0.3 is 0 Å². The first kappa shape index (κ1) is 16.1. The molecule has 0 bridgehead atoms. The summed E-state index contributed by atoms with van der Waals surface area (Å²) in [6.07, 6.45) is 3.44. The molecule has 4 heteroatoms. The van der Waals surface area contributed by atoms with E-state index in [4.69, 9.17) is 9.05 Å². The molecule has 98 valence electrons. The summed E-state index contributed by atoms with van der Waals surface area (Å²) in [4.78, 5) is 0. The summed E-state index contributed by atoms with van der Waals surface area (Å²) < 4.78 is 23.1. The lowest BCUT2D eigenvalue weighted by Gasteiger charge is -2.28. The molecule has 3 nitrogen and oxygen atoms in total. The second-order valence-corrected chi connectivity index (χ2v) is 6.85. The summed E-state index contributed by atoms with van der Waals surface area (Å²) in [5.74, 6) is 0.733. The molecule has 0 heterocycles. The van der Waals surface area contributed by atoms with Crippen molar-refractivity contribution in [2.45, 2.75) is 47.5 Å². The van der Waals surface area contributed by atoms with Gasteiger partial charge in [-0.05, 0) is 11.8 Å². The molecule has 0 spiro atoms. The van der Waals surface area contributed by atoms with Gasteiger partial charge in [0, 0.05) is 0 Å². The Bertz CT molecular complexity index is 198. The molecule has 0 saturated carbocycles. The van der Waals surface area contributed by atoms with Crippen LogP contribution in [-0.4, -0.2) is 13.2 Å². The van der Waals surface area contributed by atoms with Crippen LogP contribution >= 0.6 is 7.60 Å². The molecule has 0 aliphatic heterocycles. The zero-order valence-electron chi connectivity index (χ0n) is 11.2. The van der Waals surface area contributed by atoms with E-state index in [1.54, 1.807) is 6.16 Å². The molecule has 0 aliphatic carbocycles. The van der Waals surface area contributed by atoms with Crippen LogP contribution in [0.15, 0.2) is 0 Å². The van der Waals surface area contributed by atoms with E-state index in [0.717, 1.165) is 12.8 Å². The van der Waals surface area contributed by atoms with E-state index in [9.17, 15) is 4.57 Å². The number of hydrogen-bond acceptors (Lipinski definition) is 3. The predicted molar refractivity (Wildman–Crippen MR) is 68.4 cm³/mol. The molecule has 0 amide bonds. The minimum absolute atomic E-state index is 0.367. The molecule has 0 aromatic heterocycles. The van der Waals surface area contributed by atoms with Crippen molar-refractivity contribution in [3.05, 3.63) is 6.16 Å². The first-order chi connectivity index (χ1) is 7.39. The zero-order valence-corrected chi connectivity index (χ0v) is 12.1. The fourth-order valence-electron chi connectivity index (χ4n) is 0.936. The molecular weight excluding hydrogens is 223 g/mol. The van der Waals surface area contributed by atoms with Gasteiger partial charge in [-0.3, -0.25) is 4.57 Å². The topological polar surface area (TPSA) is 35.5 Å². The third-order valence-corrected chi connectivity index (χ3v) is 3.54. The molecule has 0 aliphatic rings. The van der Waals surface area contributed by atoms with Crippen LogP contribution in [0.25, 0.3) is 0 Å². The Morgan fingerprint density at radius 2 is 1.50 bits per heavy atom. The Balaban J connectivity index is 4.18. The average molecular weight is 249 g/mol. The molecule has 0 aromatic rings. The zero-order chi connectivity index (χ0) is 12.6. The van der Waals surface area contributed by atoms with Gasteiger partial charge in [-0.25, -0.2) is 6.16 Å². The molecule has 0 N–H and O–H groups in total. The molecule has 0 rings (SSSR count). The van der Waals surface area contributed by atoms with Gasteiger partial charge in [-0.15, -0.1) is 0 Å². The van der Waals surface area contributed by atoms with Crippen LogP contribution in [0.1, 0.15) is 47.5 Å². The lowest BCUT2D eigenvalue weighted by molar-refractivity contribution is 0.177. The minimum atomic E-state index is -2.97. The lowest BCUT2D eigenvalue weighted by Crippen LogP contribution is -2.06. The van der Waals surface area contributed by atoms with Gasteiger partial charge in [0.15, 0.2) is 7.60 Å². The van der Waals surface area contributed by atoms with Gasteiger partial charge in [-0.2, -0.15) is 6.42 Å². The smallest absolute Gasteiger partial charge is 0.187 e. The average Bonchev–Trinajstić information content (AvgIpc) is 2.21. The molecule has 16 heavy (non-hydrogen) atoms. The van der Waals surface area contributed by atoms with Gasteiger partial charge in [0.1, 0.15) is 0 Å². The summed E-state index contributed by atoms with van der Waals surface area (Å²) in [5, 5.41) is 0. The highest BCUT2D eigenvalue weighted by molar-refractivity contribution is 7.56. The van der Waals surface area contributed by atoms with Crippen LogP contribution in [0.2, 0.25) is 0 Å². The van der Waals surface area contributed by atoms with Crippen molar-refractivity contribution in [3.8, 4) is 0 Å². The van der Waals surface area contributed by atoms with E-state index in [-0.39, 0.29) is 0 Å². The van der Waals surface area contributed by atoms with Crippen molar-refractivity contribution in [2.75, 3.05) is 13.2 Å². The fraction of sp³-hybridized carbons (Fsp3) is 0.917. The van der Waals surface area contributed by atoms with Crippen molar-refractivity contribution < 1.29 is 13.6 Å². The van der Waals surface area contributed by atoms with Crippen molar-refractivity contribution >= 4 is 7.60 Å². The molecular formula is C12H26O3P-. The number of hydrogen-bond donors (Lipinski definition) is 0. The third kappa shape index (κ3) is 8.32. The highest BCUT2D eigenvalue weighted by Crippen LogP contribution is 2.53. The van der Waals surface area contributed by atoms with Crippen LogP contribution in [0.4, 0.5) is 0 Å². The van der Waals surface area contributed by atoms with Crippen LogP contribution in [0, 0.1) is 18.0 Å². The van der Waals surface area contributed by atoms with Crippen molar-refractivity contribution in [1.82, 2.24) is 0 Å². The maximum absolute atomic E-state index is 12.3. The van der Waals surface area contributed by atoms with Crippen LogP contribution in [-0.2, 0) is 13.6 Å². The Labute approximate surface area is 100 Å². The Hall–Kier alpha value is 0.150. The van der Waals surface area contributed by atoms with Crippen LogP contribution in [0.3, 0.4) is 0 Å². The molecule has 0 atom stereocenters. The number of unbranched alkanes of at least 4 members (excludes halogenated alkanes) is 1. The fourth-order valence-corrected chi connectivity index (χ4v) is 2.81. The van der Waals surface area contributed by atoms with Crippen LogP contribution in [0.5, 0.6) is 0 Å². The minimum Gasteiger partial charge on any atom is -0.331 e. The first-order valence-electron chi connectivity index (χ1n) is 6.12. The Kier molecular flexibility index (Phi) is 8.35. The summed E-state index contributed by atoms with van der Waals surface area (Å²) in [6.45, 7) is 11.1. The lowest BCUT2D eigenvalue weighted by atomic mass is 10.2. The molecule has 0 saturated heterocycles. The molecule has 0 radical (unpaired) electrons. The Morgan fingerprint density at radius 3 is 1.81 bits per heavy atom. The van der Waals surface area contributed by atoms with E-state index in [1.165, 1.54) is 0 Å². The van der Waals surface area contributed by atoms with Gasteiger partial charge < -0.3 is 9.05 Å². The van der Waals surface area contributed by atoms with E-state index in [1.807, 2.05) is 34.6 Å². The normalized spacial score (nSPS) is 12.7. The van der Waals surface area contributed by atoms with Gasteiger partial charge in [0.25, 0.3) is 0 Å². The van der Waals surface area contributed by atoms with Crippen LogP contribution < -0.4 is 0 Å². The summed E-state index contributed by atoms with van der Waals surface area (Å²) in [7, 11) is -2.97. The third-order valence-electron chi connectivity index (χ3n) is 1.82. The number of rotatable bonds is 9. The second kappa shape index (κ2) is 8.27. The highest BCUT2D eigenvalue weighted by Gasteiger charge is 2.15. The van der Waals surface area contributed by atoms with Crippen molar-refractivity contribution in [1.29, 1.82) is 0 Å². The molecule has 0 unspecified atom stereocenters. The quantitative estimate of drug-likeness (QED) is 0.446. The predicted octanol–water partition coefficient (Wildman–Crippen LogP) is 4.49. The molecule has 0 fully saturated rings. The van der Waals surface area contributed by atoms with E-state index >= 15 is 0 Å². The standard InChI is InChI=1S/C12H26O3P/c1-6-7-8-16(13,14-9-11(2)3)15-10-12(4)5/h8,11-12H,6-7,9-10H2,1-5H3/q-1. The largest absolute Gasteiger partial charge is 0.331 e. The first-order valence-corrected chi connectivity index (χ1v) is 7.74. The van der Waals surface area contributed by atoms with Crippen molar-refractivity contribution in [3.63, 3.8) is 0 Å². The second-order valence-electron chi connectivity index (χ2n) is 4.89. The van der Waals surface area contributed by atoms with E-state index < -0.39 is 7.60 Å². The maximum atomic E-state index is 12.3. The Morgan fingerprint density at radius 1 is 1.06 bits per heavy atom. The SMILES string of the molecule is CCC[CH-]P(=O)(OCC(C)C)OCC(C)C. The molecule has 0 aromatic carbocycles. The summed E-state index contributed by atoms with van der Waals surface area (Å²) >= 11 is 0. The monoisotopic (exact) mass is 249 g/mol. The summed E-state index contributed by atoms with van der Waals surface area (Å²) in [5.41, 5.74) is 0. The van der Waals surface area contributed by atoms with Gasteiger partial charge in [0.05, 0.1) is 13.2 Å².